The van der Waals surface area contributed by atoms with Crippen molar-refractivity contribution >= 4 is 0 Å². The maximum atomic E-state index is 11.1. The molecular formula is C20H32O5. The number of hydrogen-bond acceptors (Lipinski definition) is 5. The lowest BCUT2D eigenvalue weighted by Crippen LogP contribution is -2.62. The van der Waals surface area contributed by atoms with E-state index in [-0.39, 0.29) is 18.3 Å². The van der Waals surface area contributed by atoms with Gasteiger partial charge in [-0.3, -0.25) is 0 Å². The summed E-state index contributed by atoms with van der Waals surface area (Å²) in [6.07, 6.45) is -3.48. The van der Waals surface area contributed by atoms with Gasteiger partial charge in [-0.25, -0.2) is 0 Å². The minimum Gasteiger partial charge on any atom is -0.392 e. The van der Waals surface area contributed by atoms with E-state index < -0.39 is 41.3 Å². The van der Waals surface area contributed by atoms with Crippen molar-refractivity contribution in [3.8, 4) is 0 Å². The van der Waals surface area contributed by atoms with Crippen LogP contribution in [0.2, 0.25) is 0 Å². The molecule has 8 unspecified atom stereocenters. The second kappa shape index (κ2) is 5.89. The standard InChI is InChI=1S/C20H32O5/c1-9-12-6-11-7-13(21)10(2)16(19(11,3)4)17(24)18(25)20(12,5)15(23)8-14(9)22/h11-15,17-18,21-25H,1,6-8H2,2-5H3. The Morgan fingerprint density at radius 3 is 2.12 bits per heavy atom. The topological polar surface area (TPSA) is 101 Å². The molecule has 3 rings (SSSR count). The normalized spacial score (nSPS) is 50.1. The third-order valence-electron chi connectivity index (χ3n) is 7.69. The molecule has 0 heterocycles. The Morgan fingerprint density at radius 2 is 1.52 bits per heavy atom. The van der Waals surface area contributed by atoms with Crippen LogP contribution in [0.25, 0.3) is 0 Å². The third kappa shape index (κ3) is 2.47. The fraction of sp³-hybridized carbons (Fsp3) is 0.800. The molecule has 5 heteroatoms. The third-order valence-corrected chi connectivity index (χ3v) is 7.69. The van der Waals surface area contributed by atoms with Gasteiger partial charge in [0.2, 0.25) is 0 Å². The minimum atomic E-state index is -1.20. The number of aliphatic hydroxyl groups is 5. The second-order valence-electron chi connectivity index (χ2n) is 9.15. The van der Waals surface area contributed by atoms with Crippen LogP contribution in [0.4, 0.5) is 0 Å². The molecule has 5 nitrogen and oxygen atoms in total. The van der Waals surface area contributed by atoms with Crippen molar-refractivity contribution < 1.29 is 25.5 Å². The van der Waals surface area contributed by atoms with Crippen molar-refractivity contribution in [2.24, 2.45) is 22.7 Å². The van der Waals surface area contributed by atoms with Crippen LogP contribution in [0.5, 0.6) is 0 Å². The molecule has 142 valence electrons. The van der Waals surface area contributed by atoms with Gasteiger partial charge in [0.05, 0.1) is 24.4 Å². The van der Waals surface area contributed by atoms with Gasteiger partial charge in [0, 0.05) is 11.8 Å². The molecule has 2 saturated carbocycles. The van der Waals surface area contributed by atoms with Crippen LogP contribution in [0, 0.1) is 22.7 Å². The van der Waals surface area contributed by atoms with Gasteiger partial charge in [0.25, 0.3) is 0 Å². The number of rotatable bonds is 0. The van der Waals surface area contributed by atoms with Gasteiger partial charge < -0.3 is 25.5 Å². The summed E-state index contributed by atoms with van der Waals surface area (Å²) < 4.78 is 0. The van der Waals surface area contributed by atoms with Gasteiger partial charge in [-0.2, -0.15) is 0 Å². The molecule has 0 amide bonds. The maximum Gasteiger partial charge on any atom is 0.102 e. The fourth-order valence-electron chi connectivity index (χ4n) is 5.73. The summed E-state index contributed by atoms with van der Waals surface area (Å²) in [5.41, 5.74) is 0.641. The average molecular weight is 352 g/mol. The molecule has 0 radical (unpaired) electrons. The van der Waals surface area contributed by atoms with E-state index >= 15 is 0 Å². The molecule has 0 aromatic rings. The van der Waals surface area contributed by atoms with E-state index in [4.69, 9.17) is 0 Å². The summed E-state index contributed by atoms with van der Waals surface area (Å²) in [6, 6.07) is 0. The van der Waals surface area contributed by atoms with E-state index in [1.54, 1.807) is 6.92 Å². The molecule has 8 atom stereocenters. The molecule has 3 aliphatic rings. The zero-order chi connectivity index (χ0) is 18.9. The van der Waals surface area contributed by atoms with Crippen LogP contribution < -0.4 is 0 Å². The van der Waals surface area contributed by atoms with Crippen LogP contribution in [0.15, 0.2) is 23.3 Å². The molecule has 0 spiro atoms. The summed E-state index contributed by atoms with van der Waals surface area (Å²) in [7, 11) is 0. The summed E-state index contributed by atoms with van der Waals surface area (Å²) >= 11 is 0. The molecule has 25 heavy (non-hydrogen) atoms. The van der Waals surface area contributed by atoms with Crippen LogP contribution in [-0.4, -0.2) is 56.1 Å². The van der Waals surface area contributed by atoms with Crippen molar-refractivity contribution in [2.75, 3.05) is 0 Å². The summed E-state index contributed by atoms with van der Waals surface area (Å²) in [6.45, 7) is 11.7. The lowest BCUT2D eigenvalue weighted by atomic mass is 9.50. The fourth-order valence-corrected chi connectivity index (χ4v) is 5.73. The van der Waals surface area contributed by atoms with Crippen molar-refractivity contribution in [1.29, 1.82) is 0 Å². The highest BCUT2D eigenvalue weighted by Gasteiger charge is 2.59. The Hall–Kier alpha value is -0.720. The second-order valence-corrected chi connectivity index (χ2v) is 9.15. The van der Waals surface area contributed by atoms with Crippen molar-refractivity contribution in [3.05, 3.63) is 23.3 Å². The number of hydrogen-bond donors (Lipinski definition) is 5. The van der Waals surface area contributed by atoms with Crippen LogP contribution in [0.3, 0.4) is 0 Å². The van der Waals surface area contributed by atoms with Gasteiger partial charge in [-0.15, -0.1) is 0 Å². The summed E-state index contributed by atoms with van der Waals surface area (Å²) in [4.78, 5) is 0. The predicted octanol–water partition coefficient (Wildman–Crippen LogP) is 1.14. The van der Waals surface area contributed by atoms with Crippen molar-refractivity contribution in [3.63, 3.8) is 0 Å². The Bertz CT molecular complexity index is 609. The zero-order valence-corrected chi connectivity index (χ0v) is 15.6. The van der Waals surface area contributed by atoms with Crippen molar-refractivity contribution in [1.82, 2.24) is 0 Å². The van der Waals surface area contributed by atoms with Gasteiger partial charge >= 0.3 is 0 Å². The van der Waals surface area contributed by atoms with Gasteiger partial charge in [-0.05, 0) is 53.7 Å². The highest BCUT2D eigenvalue weighted by molar-refractivity contribution is 5.35. The number of fused-ring (bicyclic) bond motifs is 3. The largest absolute Gasteiger partial charge is 0.392 e. The molecule has 2 bridgehead atoms. The molecule has 0 aromatic carbocycles. The quantitative estimate of drug-likeness (QED) is 0.421. The Balaban J connectivity index is 2.19. The average Bonchev–Trinajstić information content (AvgIpc) is 2.52. The lowest BCUT2D eigenvalue weighted by Gasteiger charge is -2.58. The van der Waals surface area contributed by atoms with Gasteiger partial charge in [0.15, 0.2) is 0 Å². The highest BCUT2D eigenvalue weighted by atomic mass is 16.3. The first-order chi connectivity index (χ1) is 11.4. The van der Waals surface area contributed by atoms with Crippen LogP contribution in [0.1, 0.15) is 47.0 Å². The van der Waals surface area contributed by atoms with Gasteiger partial charge in [0.1, 0.15) is 6.10 Å². The lowest BCUT2D eigenvalue weighted by molar-refractivity contribution is -0.166. The smallest absolute Gasteiger partial charge is 0.102 e. The maximum absolute atomic E-state index is 11.1. The monoisotopic (exact) mass is 352 g/mol. The number of aliphatic hydroxyl groups excluding tert-OH is 5. The van der Waals surface area contributed by atoms with E-state index in [9.17, 15) is 25.5 Å². The molecular weight excluding hydrogens is 320 g/mol. The molecule has 0 aliphatic heterocycles. The highest BCUT2D eigenvalue weighted by Crippen LogP contribution is 2.58. The molecule has 5 N–H and O–H groups in total. The Kier molecular flexibility index (Phi) is 4.49. The van der Waals surface area contributed by atoms with Crippen LogP contribution in [-0.2, 0) is 0 Å². The van der Waals surface area contributed by atoms with E-state index in [0.29, 0.717) is 24.0 Å². The molecule has 2 fully saturated rings. The predicted molar refractivity (Wildman–Crippen MR) is 94.6 cm³/mol. The first-order valence-corrected chi connectivity index (χ1v) is 9.24. The van der Waals surface area contributed by atoms with E-state index in [1.807, 2.05) is 20.8 Å². The van der Waals surface area contributed by atoms with E-state index in [1.165, 1.54) is 0 Å². The Morgan fingerprint density at radius 1 is 0.920 bits per heavy atom. The van der Waals surface area contributed by atoms with Gasteiger partial charge in [-0.1, -0.05) is 27.4 Å². The van der Waals surface area contributed by atoms with E-state index in [2.05, 4.69) is 6.58 Å². The first-order valence-electron chi connectivity index (χ1n) is 9.24. The summed E-state index contributed by atoms with van der Waals surface area (Å²) in [5.74, 6) is -0.269. The molecule has 0 saturated heterocycles. The summed E-state index contributed by atoms with van der Waals surface area (Å²) in [5, 5.41) is 53.7. The first kappa shape index (κ1) is 19.1. The van der Waals surface area contributed by atoms with E-state index in [0.717, 1.165) is 5.57 Å². The zero-order valence-electron chi connectivity index (χ0n) is 15.6. The van der Waals surface area contributed by atoms with Crippen LogP contribution >= 0.6 is 0 Å². The Labute approximate surface area is 149 Å². The SMILES string of the molecule is C=C1C(O)CC(O)C2(C)C1CC1CC(O)C(C)=C(C(O)C2O)C1(C)C. The minimum absolute atomic E-state index is 0.0573. The molecule has 3 aliphatic carbocycles. The molecule has 0 aromatic heterocycles. The van der Waals surface area contributed by atoms with Crippen molar-refractivity contribution in [2.45, 2.75) is 77.5 Å².